The summed E-state index contributed by atoms with van der Waals surface area (Å²) in [5, 5.41) is 12.7. The fraction of sp³-hybridized carbons (Fsp3) is 0.462. The van der Waals surface area contributed by atoms with Crippen LogP contribution in [0.3, 0.4) is 0 Å². The van der Waals surface area contributed by atoms with Crippen molar-refractivity contribution < 1.29 is 0 Å². The lowest BCUT2D eigenvalue weighted by Crippen LogP contribution is -2.19. The van der Waals surface area contributed by atoms with Gasteiger partial charge in [-0.15, -0.1) is 10.2 Å². The van der Waals surface area contributed by atoms with E-state index < -0.39 is 0 Å². The summed E-state index contributed by atoms with van der Waals surface area (Å²) in [6, 6.07) is 4.52. The first kappa shape index (κ1) is 15.8. The molecular weight excluding hydrogens is 308 g/mol. The maximum Gasteiger partial charge on any atom is 0.181 e. The average molecular weight is 327 g/mol. The van der Waals surface area contributed by atoms with Gasteiger partial charge in [-0.05, 0) is 55.6 Å². The molecule has 20 heavy (non-hydrogen) atoms. The largest absolute Gasteiger partial charge is 0.310 e. The van der Waals surface area contributed by atoms with E-state index in [9.17, 15) is 0 Å². The minimum atomic E-state index is 0.341. The summed E-state index contributed by atoms with van der Waals surface area (Å²) >= 11 is 4.79. The van der Waals surface area contributed by atoms with Gasteiger partial charge in [-0.25, -0.2) is 4.98 Å². The van der Waals surface area contributed by atoms with Crippen LogP contribution in [0.5, 0.6) is 0 Å². The van der Waals surface area contributed by atoms with E-state index >= 15 is 0 Å². The molecule has 2 aromatic rings. The summed E-state index contributed by atoms with van der Waals surface area (Å²) in [7, 11) is 0. The molecule has 0 fully saturated rings. The average Bonchev–Trinajstić information content (AvgIpc) is 2.92. The Morgan fingerprint density at radius 3 is 2.85 bits per heavy atom. The molecule has 1 N–H and O–H groups in total. The van der Waals surface area contributed by atoms with Gasteiger partial charge in [0.25, 0.3) is 0 Å². The molecule has 7 heteroatoms. The van der Waals surface area contributed by atoms with Crippen LogP contribution in [0.4, 0.5) is 0 Å². The summed E-state index contributed by atoms with van der Waals surface area (Å²) in [5.41, 5.74) is 1.26. The van der Waals surface area contributed by atoms with E-state index in [2.05, 4.69) is 46.5 Å². The van der Waals surface area contributed by atoms with Crippen LogP contribution >= 0.6 is 34.9 Å². The van der Waals surface area contributed by atoms with Gasteiger partial charge in [0.1, 0.15) is 5.03 Å². The third-order valence-corrected chi connectivity index (χ3v) is 5.60. The van der Waals surface area contributed by atoms with Crippen molar-refractivity contribution in [1.29, 1.82) is 0 Å². The zero-order chi connectivity index (χ0) is 14.4. The normalized spacial score (nSPS) is 12.6. The zero-order valence-electron chi connectivity index (χ0n) is 11.8. The molecule has 0 aliphatic rings. The summed E-state index contributed by atoms with van der Waals surface area (Å²) in [6.07, 6.45) is 5.01. The van der Waals surface area contributed by atoms with E-state index in [1.165, 1.54) is 5.56 Å². The summed E-state index contributed by atoms with van der Waals surface area (Å²) in [4.78, 5) is 4.40. The molecule has 0 saturated carbocycles. The Morgan fingerprint density at radius 2 is 2.15 bits per heavy atom. The fourth-order valence-corrected chi connectivity index (χ4v) is 4.03. The predicted molar refractivity (Wildman–Crippen MR) is 86.8 cm³/mol. The minimum Gasteiger partial charge on any atom is -0.310 e. The maximum atomic E-state index is 4.40. The van der Waals surface area contributed by atoms with Crippen molar-refractivity contribution in [1.82, 2.24) is 20.5 Å². The van der Waals surface area contributed by atoms with Gasteiger partial charge in [-0.2, -0.15) is 0 Å². The molecule has 0 bridgehead atoms. The van der Waals surface area contributed by atoms with Crippen LogP contribution in [-0.2, 0) is 0 Å². The van der Waals surface area contributed by atoms with Gasteiger partial charge in [0.15, 0.2) is 8.68 Å². The lowest BCUT2D eigenvalue weighted by molar-refractivity contribution is 0.569. The van der Waals surface area contributed by atoms with E-state index in [1.54, 1.807) is 34.9 Å². The molecule has 2 aromatic heterocycles. The smallest absolute Gasteiger partial charge is 0.181 e. The van der Waals surface area contributed by atoms with Crippen LogP contribution in [0.25, 0.3) is 0 Å². The molecule has 2 heterocycles. The highest BCUT2D eigenvalue weighted by Crippen LogP contribution is 2.32. The van der Waals surface area contributed by atoms with Gasteiger partial charge in [0, 0.05) is 12.2 Å². The van der Waals surface area contributed by atoms with Gasteiger partial charge in [-0.1, -0.05) is 30.0 Å². The Kier molecular flexibility index (Phi) is 6.28. The Balaban J connectivity index is 2.05. The van der Waals surface area contributed by atoms with E-state index in [-0.39, 0.29) is 0 Å². The molecule has 0 amide bonds. The SMILES string of the molecule is CCCNC(C)c1ccnc(Sc2nnc(SC)s2)c1. The molecule has 0 radical (unpaired) electrons. The number of nitrogens with zero attached hydrogens (tertiary/aromatic N) is 3. The summed E-state index contributed by atoms with van der Waals surface area (Å²) in [5.74, 6) is 0. The van der Waals surface area contributed by atoms with Gasteiger partial charge < -0.3 is 5.32 Å². The number of rotatable bonds is 7. The Labute approximate surface area is 132 Å². The van der Waals surface area contributed by atoms with Gasteiger partial charge in [-0.3, -0.25) is 0 Å². The van der Waals surface area contributed by atoms with Crippen LogP contribution in [-0.4, -0.2) is 28.0 Å². The highest BCUT2D eigenvalue weighted by Gasteiger charge is 2.09. The van der Waals surface area contributed by atoms with E-state index in [4.69, 9.17) is 0 Å². The van der Waals surface area contributed by atoms with Crippen molar-refractivity contribution in [2.75, 3.05) is 12.8 Å². The van der Waals surface area contributed by atoms with Crippen molar-refractivity contribution in [2.45, 2.75) is 40.0 Å². The van der Waals surface area contributed by atoms with Crippen molar-refractivity contribution in [3.8, 4) is 0 Å². The lowest BCUT2D eigenvalue weighted by Gasteiger charge is -2.13. The second kappa shape index (κ2) is 7.97. The number of pyridine rings is 1. The van der Waals surface area contributed by atoms with Crippen LogP contribution < -0.4 is 5.32 Å². The molecule has 4 nitrogen and oxygen atoms in total. The lowest BCUT2D eigenvalue weighted by atomic mass is 10.1. The topological polar surface area (TPSA) is 50.7 Å². The number of nitrogens with one attached hydrogen (secondary N) is 1. The molecule has 1 atom stereocenters. The highest BCUT2D eigenvalue weighted by molar-refractivity contribution is 8.02. The Bertz CT molecular complexity index is 544. The van der Waals surface area contributed by atoms with Crippen molar-refractivity contribution in [2.24, 2.45) is 0 Å². The third-order valence-electron chi connectivity index (χ3n) is 2.71. The summed E-state index contributed by atoms with van der Waals surface area (Å²) in [6.45, 7) is 5.38. The monoisotopic (exact) mass is 326 g/mol. The maximum absolute atomic E-state index is 4.40. The van der Waals surface area contributed by atoms with Crippen molar-refractivity contribution in [3.05, 3.63) is 23.9 Å². The number of hydrogen-bond donors (Lipinski definition) is 1. The van der Waals surface area contributed by atoms with Crippen LogP contribution in [0.2, 0.25) is 0 Å². The van der Waals surface area contributed by atoms with Crippen molar-refractivity contribution in [3.63, 3.8) is 0 Å². The second-order valence-corrected chi connectivity index (χ2v) is 7.54. The Hall–Kier alpha value is -0.630. The van der Waals surface area contributed by atoms with Crippen LogP contribution in [0, 0.1) is 0 Å². The minimum absolute atomic E-state index is 0.341. The molecular formula is C13H18N4S3. The van der Waals surface area contributed by atoms with Crippen LogP contribution in [0.1, 0.15) is 31.9 Å². The highest BCUT2D eigenvalue weighted by atomic mass is 32.2. The third kappa shape index (κ3) is 4.44. The quantitative estimate of drug-likeness (QED) is 0.780. The standard InChI is InChI=1S/C13H18N4S3/c1-4-6-14-9(2)10-5-7-15-11(8-10)19-13-17-16-12(18-3)20-13/h5,7-9,14H,4,6H2,1-3H3. The van der Waals surface area contributed by atoms with E-state index in [0.717, 1.165) is 26.7 Å². The Morgan fingerprint density at radius 1 is 1.35 bits per heavy atom. The first-order valence-corrected chi connectivity index (χ1v) is 9.33. The summed E-state index contributed by atoms with van der Waals surface area (Å²) < 4.78 is 1.93. The number of hydrogen-bond acceptors (Lipinski definition) is 7. The number of thioether (sulfide) groups is 1. The zero-order valence-corrected chi connectivity index (χ0v) is 14.2. The predicted octanol–water partition coefficient (Wildman–Crippen LogP) is 3.87. The molecule has 1 unspecified atom stereocenters. The van der Waals surface area contributed by atoms with Crippen molar-refractivity contribution >= 4 is 34.9 Å². The molecule has 2 rings (SSSR count). The molecule has 0 aliphatic heterocycles. The van der Waals surface area contributed by atoms with Crippen LogP contribution in [0.15, 0.2) is 32.0 Å². The first-order chi connectivity index (χ1) is 9.72. The molecule has 0 aliphatic carbocycles. The first-order valence-electron chi connectivity index (χ1n) is 6.47. The van der Waals surface area contributed by atoms with Gasteiger partial charge >= 0.3 is 0 Å². The molecule has 0 spiro atoms. The molecule has 0 saturated heterocycles. The van der Waals surface area contributed by atoms with Gasteiger partial charge in [0.2, 0.25) is 0 Å². The number of aromatic nitrogens is 3. The second-order valence-electron chi connectivity index (χ2n) is 4.24. The molecule has 0 aromatic carbocycles. The van der Waals surface area contributed by atoms with Gasteiger partial charge in [0.05, 0.1) is 0 Å². The van der Waals surface area contributed by atoms with E-state index in [0.29, 0.717) is 6.04 Å². The van der Waals surface area contributed by atoms with E-state index in [1.807, 2.05) is 12.5 Å². The molecule has 108 valence electrons. The fourth-order valence-electron chi connectivity index (χ4n) is 1.64.